The Kier molecular flexibility index (Phi) is 14.7. The van der Waals surface area contributed by atoms with E-state index in [0.717, 1.165) is 61.6 Å². The zero-order valence-corrected chi connectivity index (χ0v) is 24.9. The summed E-state index contributed by atoms with van der Waals surface area (Å²) < 4.78 is 5.38. The number of carbonyl (C=O) groups excluding carboxylic acids is 3. The lowest BCUT2D eigenvalue weighted by Crippen LogP contribution is -2.54. The van der Waals surface area contributed by atoms with Crippen LogP contribution in [-0.2, 0) is 14.3 Å². The third-order valence-corrected chi connectivity index (χ3v) is 6.65. The van der Waals surface area contributed by atoms with Gasteiger partial charge in [-0.15, -0.1) is 0 Å². The minimum Gasteiger partial charge on any atom is -0.444 e. The molecular formula is C29H49N3O4S. The Bertz CT molecular complexity index is 869. The molecule has 0 radical (unpaired) electrons. The monoisotopic (exact) mass is 535 g/mol. The first kappa shape index (κ1) is 32.8. The number of benzene rings is 1. The van der Waals surface area contributed by atoms with Crippen molar-refractivity contribution in [1.29, 1.82) is 0 Å². The zero-order valence-electron chi connectivity index (χ0n) is 24.0. The highest BCUT2D eigenvalue weighted by Gasteiger charge is 2.36. The second-order valence-corrected chi connectivity index (χ2v) is 11.0. The van der Waals surface area contributed by atoms with Crippen molar-refractivity contribution in [3.8, 4) is 0 Å². The molecule has 0 saturated heterocycles. The molecular weight excluding hydrogens is 486 g/mol. The van der Waals surface area contributed by atoms with E-state index in [1.165, 1.54) is 0 Å². The number of alkyl carbamates (subject to hydrolysis) is 1. The maximum atomic E-state index is 14.0. The van der Waals surface area contributed by atoms with Crippen LogP contribution in [-0.4, -0.2) is 53.3 Å². The summed E-state index contributed by atoms with van der Waals surface area (Å²) in [6.07, 6.45) is 6.09. The lowest BCUT2D eigenvalue weighted by molar-refractivity contribution is -0.142. The number of nitrogens with one attached hydrogen (secondary N) is 2. The topological polar surface area (TPSA) is 87.7 Å². The highest BCUT2D eigenvalue weighted by atomic mass is 32.1. The fourth-order valence-electron chi connectivity index (χ4n) is 4.11. The molecule has 0 bridgehead atoms. The van der Waals surface area contributed by atoms with E-state index in [-0.39, 0.29) is 17.6 Å². The Labute approximate surface area is 229 Å². The summed E-state index contributed by atoms with van der Waals surface area (Å²) in [4.78, 5) is 41.8. The highest BCUT2D eigenvalue weighted by molar-refractivity contribution is 7.80. The zero-order chi connectivity index (χ0) is 28.0. The summed E-state index contributed by atoms with van der Waals surface area (Å²) in [5.41, 5.74) is 2.13. The number of unbranched alkanes of at least 4 members (excludes halogenated alkanes) is 5. The van der Waals surface area contributed by atoms with Crippen molar-refractivity contribution in [3.63, 3.8) is 0 Å². The normalized spacial score (nSPS) is 13.0. The van der Waals surface area contributed by atoms with Gasteiger partial charge in [0.2, 0.25) is 11.8 Å². The molecule has 1 aromatic rings. The van der Waals surface area contributed by atoms with Gasteiger partial charge in [-0.3, -0.25) is 9.59 Å². The molecule has 3 amide bonds. The number of thiol groups is 1. The van der Waals surface area contributed by atoms with E-state index < -0.39 is 23.8 Å². The van der Waals surface area contributed by atoms with Gasteiger partial charge in [-0.2, -0.15) is 12.6 Å². The minimum atomic E-state index is -0.926. The third-order valence-electron chi connectivity index (χ3n) is 6.29. The Morgan fingerprint density at radius 3 is 2.24 bits per heavy atom. The first-order chi connectivity index (χ1) is 17.5. The van der Waals surface area contributed by atoms with Gasteiger partial charge in [0.1, 0.15) is 17.7 Å². The third kappa shape index (κ3) is 11.4. The second-order valence-electron chi connectivity index (χ2n) is 10.7. The van der Waals surface area contributed by atoms with Gasteiger partial charge in [0, 0.05) is 18.8 Å². The predicted octanol–water partition coefficient (Wildman–Crippen LogP) is 5.88. The summed E-state index contributed by atoms with van der Waals surface area (Å²) in [6, 6.07) is 4.11. The van der Waals surface area contributed by atoms with E-state index in [2.05, 4.69) is 37.1 Å². The Morgan fingerprint density at radius 1 is 1.00 bits per heavy atom. The SMILES string of the molecule is CCCCCCN(C(=O)C(CS)NC(=O)OC(C)(C)C)C(C(=O)NCCCCC)c1cccc(C)c1C. The fraction of sp³-hybridized carbons (Fsp3) is 0.690. The molecule has 2 atom stereocenters. The van der Waals surface area contributed by atoms with Crippen molar-refractivity contribution >= 4 is 30.5 Å². The van der Waals surface area contributed by atoms with Crippen LogP contribution in [0.5, 0.6) is 0 Å². The van der Waals surface area contributed by atoms with Crippen molar-refractivity contribution < 1.29 is 19.1 Å². The van der Waals surface area contributed by atoms with E-state index in [0.29, 0.717) is 13.1 Å². The number of carbonyl (C=O) groups is 3. The van der Waals surface area contributed by atoms with Crippen LogP contribution in [0.25, 0.3) is 0 Å². The number of ether oxygens (including phenoxy) is 1. The van der Waals surface area contributed by atoms with Gasteiger partial charge in [-0.25, -0.2) is 4.79 Å². The molecule has 37 heavy (non-hydrogen) atoms. The summed E-state index contributed by atoms with van der Waals surface area (Å²) in [7, 11) is 0. The highest BCUT2D eigenvalue weighted by Crippen LogP contribution is 2.28. The first-order valence-corrected chi connectivity index (χ1v) is 14.3. The van der Waals surface area contributed by atoms with E-state index >= 15 is 0 Å². The maximum Gasteiger partial charge on any atom is 0.408 e. The molecule has 0 aliphatic heterocycles. The van der Waals surface area contributed by atoms with E-state index in [4.69, 9.17) is 4.74 Å². The quantitative estimate of drug-likeness (QED) is 0.193. The summed E-state index contributed by atoms with van der Waals surface area (Å²) in [5.74, 6) is -0.461. The molecule has 0 aliphatic rings. The molecule has 2 unspecified atom stereocenters. The van der Waals surface area contributed by atoms with Crippen LogP contribution < -0.4 is 10.6 Å². The number of rotatable bonds is 15. The minimum absolute atomic E-state index is 0.0845. The van der Waals surface area contributed by atoms with Crippen LogP contribution in [0.3, 0.4) is 0 Å². The molecule has 210 valence electrons. The number of amides is 3. The standard InChI is InChI=1S/C29H49N3O4S/c1-8-10-12-14-19-32(27(34)24(20-37)31-28(35)36-29(5,6)7)25(26(33)30-18-13-11-9-2)23-17-15-16-21(3)22(23)4/h15-17,24-25,37H,8-14,18-20H2,1-7H3,(H,30,33)(H,31,35). The average Bonchev–Trinajstić information content (AvgIpc) is 2.83. The molecule has 1 rings (SSSR count). The van der Waals surface area contributed by atoms with Gasteiger partial charge in [-0.05, 0) is 64.2 Å². The van der Waals surface area contributed by atoms with Crippen molar-refractivity contribution in [3.05, 3.63) is 34.9 Å². The van der Waals surface area contributed by atoms with Crippen molar-refractivity contribution in [1.82, 2.24) is 15.5 Å². The molecule has 0 spiro atoms. The Balaban J connectivity index is 3.40. The molecule has 0 heterocycles. The number of nitrogens with zero attached hydrogens (tertiary/aromatic N) is 1. The molecule has 1 aromatic carbocycles. The fourth-order valence-corrected chi connectivity index (χ4v) is 4.36. The molecule has 0 saturated carbocycles. The van der Waals surface area contributed by atoms with Gasteiger partial charge in [0.05, 0.1) is 0 Å². The molecule has 0 aliphatic carbocycles. The molecule has 0 fully saturated rings. The molecule has 7 nitrogen and oxygen atoms in total. The van der Waals surface area contributed by atoms with Crippen molar-refractivity contribution in [2.24, 2.45) is 0 Å². The van der Waals surface area contributed by atoms with Crippen molar-refractivity contribution in [2.75, 3.05) is 18.8 Å². The largest absolute Gasteiger partial charge is 0.444 e. The Morgan fingerprint density at radius 2 is 1.65 bits per heavy atom. The number of aryl methyl sites for hydroxylation is 1. The molecule has 2 N–H and O–H groups in total. The first-order valence-electron chi connectivity index (χ1n) is 13.7. The number of hydrogen-bond donors (Lipinski definition) is 3. The van der Waals surface area contributed by atoms with Gasteiger partial charge < -0.3 is 20.3 Å². The van der Waals surface area contributed by atoms with E-state index in [1.54, 1.807) is 25.7 Å². The summed E-state index contributed by atoms with van der Waals surface area (Å²) in [5, 5.41) is 5.74. The van der Waals surface area contributed by atoms with Crippen molar-refractivity contribution in [2.45, 2.75) is 111 Å². The maximum absolute atomic E-state index is 14.0. The predicted molar refractivity (Wildman–Crippen MR) is 154 cm³/mol. The molecule has 0 aromatic heterocycles. The lowest BCUT2D eigenvalue weighted by Gasteiger charge is -2.35. The number of hydrogen-bond acceptors (Lipinski definition) is 5. The lowest BCUT2D eigenvalue weighted by atomic mass is 9.94. The summed E-state index contributed by atoms with van der Waals surface area (Å²) >= 11 is 4.37. The van der Waals surface area contributed by atoms with Crippen LogP contribution in [0.4, 0.5) is 4.79 Å². The van der Waals surface area contributed by atoms with Crippen LogP contribution in [0.15, 0.2) is 18.2 Å². The van der Waals surface area contributed by atoms with Gasteiger partial charge in [0.15, 0.2) is 0 Å². The summed E-state index contributed by atoms with van der Waals surface area (Å²) in [6.45, 7) is 14.5. The van der Waals surface area contributed by atoms with Gasteiger partial charge >= 0.3 is 6.09 Å². The van der Waals surface area contributed by atoms with Crippen LogP contribution in [0.1, 0.15) is 102 Å². The van der Waals surface area contributed by atoms with Gasteiger partial charge in [0.25, 0.3) is 0 Å². The average molecular weight is 536 g/mol. The van der Waals surface area contributed by atoms with E-state index in [1.807, 2.05) is 32.0 Å². The van der Waals surface area contributed by atoms with Gasteiger partial charge in [-0.1, -0.05) is 64.2 Å². The van der Waals surface area contributed by atoms with E-state index in [9.17, 15) is 14.4 Å². The van der Waals surface area contributed by atoms with Crippen LogP contribution in [0.2, 0.25) is 0 Å². The smallest absolute Gasteiger partial charge is 0.408 e. The second kappa shape index (κ2) is 16.6. The molecule has 8 heteroatoms. The van der Waals surface area contributed by atoms with Crippen LogP contribution >= 0.6 is 12.6 Å². The Hall–Kier alpha value is -2.22. The van der Waals surface area contributed by atoms with Crippen LogP contribution in [0, 0.1) is 13.8 Å².